The summed E-state index contributed by atoms with van der Waals surface area (Å²) < 4.78 is 1.58. The normalized spacial score (nSPS) is 10.8. The molecule has 0 radical (unpaired) electrons. The van der Waals surface area contributed by atoms with E-state index in [1.165, 1.54) is 0 Å². The summed E-state index contributed by atoms with van der Waals surface area (Å²) in [6, 6.07) is 15.1. The highest BCUT2D eigenvalue weighted by atomic mass is 35.5. The Hall–Kier alpha value is -3.10. The molecule has 0 fully saturated rings. The molecular formula is C20H17ClN6OS. The first kappa shape index (κ1) is 19.2. The van der Waals surface area contributed by atoms with Crippen LogP contribution in [0.5, 0.6) is 0 Å². The molecule has 1 amide bonds. The molecule has 0 unspecified atom stereocenters. The summed E-state index contributed by atoms with van der Waals surface area (Å²) in [4.78, 5) is 17.0. The van der Waals surface area contributed by atoms with Crippen LogP contribution in [-0.4, -0.2) is 31.1 Å². The lowest BCUT2D eigenvalue weighted by Crippen LogP contribution is -2.14. The number of nitrogens with zero attached hydrogens (tertiary/aromatic N) is 5. The minimum Gasteiger partial charge on any atom is -0.326 e. The minimum absolute atomic E-state index is 0.127. The summed E-state index contributed by atoms with van der Waals surface area (Å²) in [5, 5.41) is 17.9. The Labute approximate surface area is 176 Å². The number of benzene rings is 2. The molecule has 2 aromatic carbocycles. The van der Waals surface area contributed by atoms with Crippen LogP contribution >= 0.6 is 22.9 Å². The second kappa shape index (κ2) is 8.50. The molecule has 146 valence electrons. The van der Waals surface area contributed by atoms with Crippen molar-refractivity contribution >= 4 is 34.5 Å². The highest BCUT2D eigenvalue weighted by Gasteiger charge is 2.11. The Morgan fingerprint density at radius 2 is 2.07 bits per heavy atom. The van der Waals surface area contributed by atoms with Crippen LogP contribution in [0.2, 0.25) is 5.02 Å². The molecule has 29 heavy (non-hydrogen) atoms. The Morgan fingerprint density at radius 1 is 1.21 bits per heavy atom. The third-order valence-corrected chi connectivity index (χ3v) is 5.34. The van der Waals surface area contributed by atoms with Gasteiger partial charge in [0.1, 0.15) is 0 Å². The second-order valence-corrected chi connectivity index (χ2v) is 7.85. The zero-order valence-corrected chi connectivity index (χ0v) is 17.1. The number of tetrazole rings is 1. The first-order chi connectivity index (χ1) is 14.1. The molecule has 0 saturated heterocycles. The molecule has 0 aliphatic rings. The number of thiazole rings is 1. The predicted octanol–water partition coefficient (Wildman–Crippen LogP) is 3.76. The van der Waals surface area contributed by atoms with E-state index in [1.807, 2.05) is 53.9 Å². The monoisotopic (exact) mass is 424 g/mol. The molecule has 4 rings (SSSR count). The van der Waals surface area contributed by atoms with E-state index in [1.54, 1.807) is 23.1 Å². The SMILES string of the molecule is Cn1nnnc1-c1cccc(NC(=O)Cc2csc(Cc3cccc(Cl)c3)n2)c1. The number of carbonyl (C=O) groups excluding carboxylic acids is 1. The molecule has 9 heteroatoms. The summed E-state index contributed by atoms with van der Waals surface area (Å²) in [5.41, 5.74) is 3.36. The van der Waals surface area contributed by atoms with Gasteiger partial charge in [-0.3, -0.25) is 4.79 Å². The Balaban J connectivity index is 1.39. The van der Waals surface area contributed by atoms with Crippen molar-refractivity contribution in [2.45, 2.75) is 12.8 Å². The van der Waals surface area contributed by atoms with Gasteiger partial charge in [-0.1, -0.05) is 35.9 Å². The topological polar surface area (TPSA) is 85.6 Å². The van der Waals surface area contributed by atoms with Crippen molar-refractivity contribution in [2.24, 2.45) is 7.05 Å². The standard InChI is InChI=1S/C20H17ClN6OS/c1-27-20(24-25-26-27)14-5-3-7-16(10-14)22-18(28)11-17-12-29-19(23-17)9-13-4-2-6-15(21)8-13/h2-8,10,12H,9,11H2,1H3,(H,22,28). The van der Waals surface area contributed by atoms with Crippen LogP contribution in [0.4, 0.5) is 5.69 Å². The van der Waals surface area contributed by atoms with Gasteiger partial charge in [0, 0.05) is 35.1 Å². The second-order valence-electron chi connectivity index (χ2n) is 6.47. The van der Waals surface area contributed by atoms with Crippen LogP contribution in [0.1, 0.15) is 16.3 Å². The maximum Gasteiger partial charge on any atom is 0.230 e. The van der Waals surface area contributed by atoms with Crippen molar-refractivity contribution in [3.63, 3.8) is 0 Å². The van der Waals surface area contributed by atoms with E-state index in [2.05, 4.69) is 25.8 Å². The third kappa shape index (κ3) is 4.85. The number of carbonyl (C=O) groups is 1. The summed E-state index contributed by atoms with van der Waals surface area (Å²) >= 11 is 7.57. The minimum atomic E-state index is -0.127. The molecule has 0 aliphatic heterocycles. The predicted molar refractivity (Wildman–Crippen MR) is 113 cm³/mol. The van der Waals surface area contributed by atoms with Crippen molar-refractivity contribution < 1.29 is 4.79 Å². The van der Waals surface area contributed by atoms with Crippen LogP contribution in [0.25, 0.3) is 11.4 Å². The van der Waals surface area contributed by atoms with E-state index in [9.17, 15) is 4.79 Å². The first-order valence-corrected chi connectivity index (χ1v) is 10.1. The van der Waals surface area contributed by atoms with Crippen LogP contribution in [0.15, 0.2) is 53.9 Å². The van der Waals surface area contributed by atoms with E-state index in [4.69, 9.17) is 11.6 Å². The number of hydrogen-bond acceptors (Lipinski definition) is 6. The van der Waals surface area contributed by atoms with E-state index in [0.717, 1.165) is 21.8 Å². The highest BCUT2D eigenvalue weighted by molar-refractivity contribution is 7.09. The van der Waals surface area contributed by atoms with Crippen molar-refractivity contribution in [1.82, 2.24) is 25.2 Å². The molecule has 0 spiro atoms. The average Bonchev–Trinajstić information content (AvgIpc) is 3.30. The number of aromatic nitrogens is 5. The number of aryl methyl sites for hydroxylation is 1. The van der Waals surface area contributed by atoms with E-state index in [-0.39, 0.29) is 12.3 Å². The number of halogens is 1. The van der Waals surface area contributed by atoms with Crippen molar-refractivity contribution in [3.05, 3.63) is 75.2 Å². The van der Waals surface area contributed by atoms with Crippen LogP contribution in [-0.2, 0) is 24.7 Å². The maximum atomic E-state index is 12.4. The van der Waals surface area contributed by atoms with Crippen molar-refractivity contribution in [1.29, 1.82) is 0 Å². The van der Waals surface area contributed by atoms with Gasteiger partial charge in [0.05, 0.1) is 17.1 Å². The average molecular weight is 425 g/mol. The Morgan fingerprint density at radius 3 is 2.86 bits per heavy atom. The Kier molecular flexibility index (Phi) is 5.64. The molecule has 0 aliphatic carbocycles. The summed E-state index contributed by atoms with van der Waals surface area (Å²) in [6.45, 7) is 0. The van der Waals surface area contributed by atoms with Crippen LogP contribution in [0, 0.1) is 0 Å². The van der Waals surface area contributed by atoms with Gasteiger partial charge in [-0.15, -0.1) is 16.4 Å². The number of anilines is 1. The summed E-state index contributed by atoms with van der Waals surface area (Å²) in [6.07, 6.45) is 0.905. The fourth-order valence-electron chi connectivity index (χ4n) is 2.91. The first-order valence-electron chi connectivity index (χ1n) is 8.87. The van der Waals surface area contributed by atoms with Gasteiger partial charge >= 0.3 is 0 Å². The number of rotatable bonds is 6. The number of hydrogen-bond donors (Lipinski definition) is 1. The molecule has 1 N–H and O–H groups in total. The lowest BCUT2D eigenvalue weighted by atomic mass is 10.1. The molecule has 2 aromatic heterocycles. The number of nitrogens with one attached hydrogen (secondary N) is 1. The van der Waals surface area contributed by atoms with Gasteiger partial charge in [0.2, 0.25) is 5.91 Å². The largest absolute Gasteiger partial charge is 0.326 e. The molecule has 0 atom stereocenters. The summed E-state index contributed by atoms with van der Waals surface area (Å²) in [5.74, 6) is 0.504. The fourth-order valence-corrected chi connectivity index (χ4v) is 3.95. The molecule has 2 heterocycles. The quantitative estimate of drug-likeness (QED) is 0.509. The number of amides is 1. The van der Waals surface area contributed by atoms with Crippen molar-refractivity contribution in [2.75, 3.05) is 5.32 Å². The van der Waals surface area contributed by atoms with Gasteiger partial charge in [-0.2, -0.15) is 0 Å². The van der Waals surface area contributed by atoms with Crippen molar-refractivity contribution in [3.8, 4) is 11.4 Å². The smallest absolute Gasteiger partial charge is 0.230 e. The van der Waals surface area contributed by atoms with Crippen LogP contribution in [0.3, 0.4) is 0 Å². The molecule has 4 aromatic rings. The molecular weight excluding hydrogens is 408 g/mol. The van der Waals surface area contributed by atoms with Gasteiger partial charge in [0.15, 0.2) is 5.82 Å². The van der Waals surface area contributed by atoms with Crippen LogP contribution < -0.4 is 5.32 Å². The van der Waals surface area contributed by atoms with Gasteiger partial charge < -0.3 is 5.32 Å². The van der Waals surface area contributed by atoms with Gasteiger partial charge in [0.25, 0.3) is 0 Å². The highest BCUT2D eigenvalue weighted by Crippen LogP contribution is 2.21. The molecule has 0 bridgehead atoms. The maximum absolute atomic E-state index is 12.4. The third-order valence-electron chi connectivity index (χ3n) is 4.21. The lowest BCUT2D eigenvalue weighted by Gasteiger charge is -2.06. The van der Waals surface area contributed by atoms with E-state index >= 15 is 0 Å². The summed E-state index contributed by atoms with van der Waals surface area (Å²) in [7, 11) is 1.77. The Bertz CT molecular complexity index is 1160. The van der Waals surface area contributed by atoms with E-state index < -0.39 is 0 Å². The zero-order chi connectivity index (χ0) is 20.2. The lowest BCUT2D eigenvalue weighted by molar-refractivity contribution is -0.115. The van der Waals surface area contributed by atoms with Gasteiger partial charge in [-0.25, -0.2) is 9.67 Å². The van der Waals surface area contributed by atoms with Gasteiger partial charge in [-0.05, 0) is 40.3 Å². The molecule has 7 nitrogen and oxygen atoms in total. The van der Waals surface area contributed by atoms with E-state index in [0.29, 0.717) is 23.0 Å². The zero-order valence-electron chi connectivity index (χ0n) is 15.5. The molecule has 0 saturated carbocycles. The fraction of sp³-hybridized carbons (Fsp3) is 0.150.